The van der Waals surface area contributed by atoms with Crippen LogP contribution in [0.15, 0.2) is 21.1 Å². The van der Waals surface area contributed by atoms with E-state index in [1.165, 1.54) is 11.3 Å². The van der Waals surface area contributed by atoms with E-state index in [1.54, 1.807) is 18.4 Å². The number of hydrogen-bond donors (Lipinski definition) is 3. The second-order valence-corrected chi connectivity index (χ2v) is 4.59. The highest BCUT2D eigenvalue weighted by Crippen LogP contribution is 2.22. The molecule has 0 aliphatic carbocycles. The van der Waals surface area contributed by atoms with Gasteiger partial charge in [0.1, 0.15) is 4.88 Å². The lowest BCUT2D eigenvalue weighted by Gasteiger charge is -2.11. The first kappa shape index (κ1) is 12.0. The van der Waals surface area contributed by atoms with E-state index in [1.807, 2.05) is 0 Å². The number of nitrogens with zero attached hydrogens (tertiary/aromatic N) is 1. The Bertz CT molecular complexity index is 391. The van der Waals surface area contributed by atoms with Crippen LogP contribution in [0.1, 0.15) is 16.6 Å². The fourth-order valence-corrected chi connectivity index (χ4v) is 2.33. The second kappa shape index (κ2) is 5.13. The van der Waals surface area contributed by atoms with Gasteiger partial charge in [-0.25, -0.2) is 0 Å². The molecule has 1 aromatic rings. The zero-order valence-electron chi connectivity index (χ0n) is 7.90. The Morgan fingerprint density at radius 2 is 2.47 bits per heavy atom. The number of hydrogen-bond acceptors (Lipinski definition) is 4. The van der Waals surface area contributed by atoms with E-state index in [0.29, 0.717) is 4.88 Å². The Morgan fingerprint density at radius 3 is 2.93 bits per heavy atom. The van der Waals surface area contributed by atoms with E-state index in [2.05, 4.69) is 26.4 Å². The minimum absolute atomic E-state index is 0.0315. The molecular formula is C8H10BrN3O2S. The lowest BCUT2D eigenvalue weighted by molar-refractivity contribution is 0.0952. The molecule has 15 heavy (non-hydrogen) atoms. The van der Waals surface area contributed by atoms with Gasteiger partial charge in [0, 0.05) is 4.47 Å². The first-order valence-electron chi connectivity index (χ1n) is 4.07. The molecule has 0 spiro atoms. The molecule has 0 bridgehead atoms. The van der Waals surface area contributed by atoms with E-state index in [-0.39, 0.29) is 11.7 Å². The summed E-state index contributed by atoms with van der Waals surface area (Å²) in [6.45, 7) is 1.63. The normalized spacial score (nSPS) is 13.6. The molecule has 1 amide bonds. The molecule has 1 rings (SSSR count). The Morgan fingerprint density at radius 1 is 1.80 bits per heavy atom. The van der Waals surface area contributed by atoms with Crippen LogP contribution in [0.5, 0.6) is 0 Å². The highest BCUT2D eigenvalue weighted by atomic mass is 79.9. The van der Waals surface area contributed by atoms with Crippen LogP contribution in [0.3, 0.4) is 0 Å². The third kappa shape index (κ3) is 2.93. The standard InChI is InChI=1S/C8H10BrN3O2S/c1-4(7(10)12-14)11-8(13)6-5(9)2-3-15-6/h2-4,14H,1H3,(H2,10,12)(H,11,13). The van der Waals surface area contributed by atoms with Crippen LogP contribution in [-0.4, -0.2) is 23.0 Å². The van der Waals surface area contributed by atoms with Crippen molar-refractivity contribution in [1.29, 1.82) is 0 Å². The molecule has 0 aliphatic rings. The van der Waals surface area contributed by atoms with Crippen molar-refractivity contribution in [2.45, 2.75) is 13.0 Å². The zero-order valence-corrected chi connectivity index (χ0v) is 10.3. The van der Waals surface area contributed by atoms with Gasteiger partial charge in [-0.2, -0.15) is 0 Å². The van der Waals surface area contributed by atoms with Gasteiger partial charge in [-0.05, 0) is 34.3 Å². The van der Waals surface area contributed by atoms with Crippen molar-refractivity contribution in [2.24, 2.45) is 10.9 Å². The van der Waals surface area contributed by atoms with Crippen LogP contribution in [-0.2, 0) is 0 Å². The van der Waals surface area contributed by atoms with Gasteiger partial charge in [-0.1, -0.05) is 5.16 Å². The van der Waals surface area contributed by atoms with Crippen molar-refractivity contribution >= 4 is 39.0 Å². The van der Waals surface area contributed by atoms with E-state index in [9.17, 15) is 4.79 Å². The molecule has 4 N–H and O–H groups in total. The Hall–Kier alpha value is -1.08. The van der Waals surface area contributed by atoms with Crippen LogP contribution in [0, 0.1) is 0 Å². The molecule has 82 valence electrons. The minimum Gasteiger partial charge on any atom is -0.409 e. The van der Waals surface area contributed by atoms with Crippen LogP contribution < -0.4 is 11.1 Å². The summed E-state index contributed by atoms with van der Waals surface area (Å²) in [5.41, 5.74) is 5.33. The fourth-order valence-electron chi connectivity index (χ4n) is 0.878. The SMILES string of the molecule is CC(NC(=O)c1sccc1Br)C(N)=NO. The third-order valence-corrected chi connectivity index (χ3v) is 3.57. The van der Waals surface area contributed by atoms with Gasteiger partial charge in [-0.15, -0.1) is 11.3 Å². The molecule has 1 aromatic heterocycles. The summed E-state index contributed by atoms with van der Waals surface area (Å²) in [7, 11) is 0. The molecule has 1 atom stereocenters. The summed E-state index contributed by atoms with van der Waals surface area (Å²) >= 11 is 4.57. The van der Waals surface area contributed by atoms with Crippen LogP contribution in [0.4, 0.5) is 0 Å². The van der Waals surface area contributed by atoms with Gasteiger partial charge >= 0.3 is 0 Å². The van der Waals surface area contributed by atoms with Crippen molar-refractivity contribution in [1.82, 2.24) is 5.32 Å². The number of thiophene rings is 1. The molecule has 0 fully saturated rings. The molecule has 7 heteroatoms. The molecule has 0 radical (unpaired) electrons. The largest absolute Gasteiger partial charge is 0.409 e. The number of carbonyl (C=O) groups is 1. The Kier molecular flexibility index (Phi) is 4.10. The summed E-state index contributed by atoms with van der Waals surface area (Å²) in [4.78, 5) is 12.2. The van der Waals surface area contributed by atoms with Crippen LogP contribution in [0.25, 0.3) is 0 Å². The number of amidine groups is 1. The van der Waals surface area contributed by atoms with Crippen molar-refractivity contribution in [3.05, 3.63) is 20.8 Å². The summed E-state index contributed by atoms with van der Waals surface area (Å²) in [6.07, 6.45) is 0. The maximum absolute atomic E-state index is 11.6. The van der Waals surface area contributed by atoms with Gasteiger partial charge in [0.2, 0.25) is 0 Å². The van der Waals surface area contributed by atoms with E-state index < -0.39 is 6.04 Å². The summed E-state index contributed by atoms with van der Waals surface area (Å²) in [6, 6.07) is 1.28. The minimum atomic E-state index is -0.503. The lowest BCUT2D eigenvalue weighted by atomic mass is 10.3. The number of nitrogens with one attached hydrogen (secondary N) is 1. The smallest absolute Gasteiger partial charge is 0.263 e. The lowest BCUT2D eigenvalue weighted by Crippen LogP contribution is -2.42. The molecule has 0 saturated carbocycles. The van der Waals surface area contributed by atoms with E-state index in [4.69, 9.17) is 10.9 Å². The van der Waals surface area contributed by atoms with Gasteiger partial charge < -0.3 is 16.3 Å². The molecule has 0 aromatic carbocycles. The second-order valence-electron chi connectivity index (χ2n) is 2.82. The van der Waals surface area contributed by atoms with Gasteiger partial charge in [0.15, 0.2) is 5.84 Å². The van der Waals surface area contributed by atoms with E-state index >= 15 is 0 Å². The van der Waals surface area contributed by atoms with Gasteiger partial charge in [0.25, 0.3) is 5.91 Å². The first-order chi connectivity index (χ1) is 7.06. The quantitative estimate of drug-likeness (QED) is 0.340. The first-order valence-corrected chi connectivity index (χ1v) is 5.74. The number of amides is 1. The van der Waals surface area contributed by atoms with Gasteiger partial charge in [0.05, 0.1) is 6.04 Å². The summed E-state index contributed by atoms with van der Waals surface area (Å²) < 4.78 is 0.733. The predicted octanol–water partition coefficient (Wildman–Crippen LogP) is 1.38. The Labute approximate surface area is 99.1 Å². The van der Waals surface area contributed by atoms with Crippen LogP contribution in [0.2, 0.25) is 0 Å². The zero-order chi connectivity index (χ0) is 11.4. The molecule has 0 saturated heterocycles. The topological polar surface area (TPSA) is 87.7 Å². The van der Waals surface area contributed by atoms with Gasteiger partial charge in [-0.3, -0.25) is 4.79 Å². The number of carbonyl (C=O) groups excluding carboxylic acids is 1. The van der Waals surface area contributed by atoms with E-state index in [0.717, 1.165) is 4.47 Å². The highest BCUT2D eigenvalue weighted by molar-refractivity contribution is 9.10. The predicted molar refractivity (Wildman–Crippen MR) is 62.4 cm³/mol. The molecule has 0 aliphatic heterocycles. The average Bonchev–Trinajstić information content (AvgIpc) is 2.63. The average molecular weight is 292 g/mol. The summed E-state index contributed by atoms with van der Waals surface area (Å²) in [5, 5.41) is 15.6. The van der Waals surface area contributed by atoms with Crippen LogP contribution >= 0.6 is 27.3 Å². The molecular weight excluding hydrogens is 282 g/mol. The maximum Gasteiger partial charge on any atom is 0.263 e. The maximum atomic E-state index is 11.6. The molecule has 1 unspecified atom stereocenters. The third-order valence-electron chi connectivity index (χ3n) is 1.73. The van der Waals surface area contributed by atoms with Crippen molar-refractivity contribution in [2.75, 3.05) is 0 Å². The number of oxime groups is 1. The van der Waals surface area contributed by atoms with Crippen molar-refractivity contribution in [3.63, 3.8) is 0 Å². The monoisotopic (exact) mass is 291 g/mol. The van der Waals surface area contributed by atoms with Crippen molar-refractivity contribution < 1.29 is 10.0 Å². The molecule has 1 heterocycles. The Balaban J connectivity index is 2.69. The number of nitrogens with two attached hydrogens (primary N) is 1. The number of rotatable bonds is 3. The highest BCUT2D eigenvalue weighted by Gasteiger charge is 2.16. The molecule has 5 nitrogen and oxygen atoms in total. The summed E-state index contributed by atoms with van der Waals surface area (Å²) in [5.74, 6) is -0.285. The fraction of sp³-hybridized carbons (Fsp3) is 0.250. The van der Waals surface area contributed by atoms with Crippen molar-refractivity contribution in [3.8, 4) is 0 Å². The number of halogens is 1.